The smallest absolute Gasteiger partial charge is 0.251 e. The Morgan fingerprint density at radius 3 is 2.35 bits per heavy atom. The molecule has 0 aliphatic heterocycles. The van der Waals surface area contributed by atoms with Crippen LogP contribution in [0.15, 0.2) is 46.9 Å². The average Bonchev–Trinajstić information content (AvgIpc) is 2.48. The van der Waals surface area contributed by atoms with Gasteiger partial charge in [-0.25, -0.2) is 0 Å². The number of carbonyl (C=O) groups excluding carboxylic acids is 1. The van der Waals surface area contributed by atoms with E-state index in [1.54, 1.807) is 0 Å². The summed E-state index contributed by atoms with van der Waals surface area (Å²) in [5.41, 5.74) is 4.22. The van der Waals surface area contributed by atoms with Crippen molar-refractivity contribution in [2.45, 2.75) is 26.8 Å². The minimum atomic E-state index is -0.0507. The van der Waals surface area contributed by atoms with Crippen LogP contribution in [-0.4, -0.2) is 5.91 Å². The average molecular weight is 332 g/mol. The van der Waals surface area contributed by atoms with Crippen LogP contribution in [0.25, 0.3) is 0 Å². The van der Waals surface area contributed by atoms with Gasteiger partial charge in [-0.2, -0.15) is 0 Å². The maximum Gasteiger partial charge on any atom is 0.251 e. The van der Waals surface area contributed by atoms with E-state index in [0.717, 1.165) is 22.0 Å². The van der Waals surface area contributed by atoms with Crippen LogP contribution in [0.5, 0.6) is 0 Å². The Labute approximate surface area is 128 Å². The third-order valence-corrected chi connectivity index (χ3v) is 4.17. The van der Waals surface area contributed by atoms with Crippen LogP contribution in [0.2, 0.25) is 0 Å². The molecule has 0 radical (unpaired) electrons. The molecule has 0 atom stereocenters. The van der Waals surface area contributed by atoms with E-state index >= 15 is 0 Å². The van der Waals surface area contributed by atoms with Crippen molar-refractivity contribution in [3.8, 4) is 0 Å². The van der Waals surface area contributed by atoms with E-state index in [0.29, 0.717) is 12.1 Å². The van der Waals surface area contributed by atoms with Crippen molar-refractivity contribution >= 4 is 21.8 Å². The summed E-state index contributed by atoms with van der Waals surface area (Å²) >= 11 is 3.45. The second-order valence-corrected chi connectivity index (χ2v) is 5.67. The molecule has 0 aliphatic carbocycles. The van der Waals surface area contributed by atoms with Gasteiger partial charge in [0.2, 0.25) is 0 Å². The first-order valence-corrected chi connectivity index (χ1v) is 7.51. The number of halogens is 1. The molecular weight excluding hydrogens is 314 g/mol. The van der Waals surface area contributed by atoms with Gasteiger partial charge in [-0.3, -0.25) is 4.79 Å². The van der Waals surface area contributed by atoms with E-state index < -0.39 is 0 Å². The summed E-state index contributed by atoms with van der Waals surface area (Å²) in [5.74, 6) is -0.0507. The van der Waals surface area contributed by atoms with Crippen molar-refractivity contribution in [3.05, 3.63) is 69.2 Å². The van der Waals surface area contributed by atoms with E-state index in [1.807, 2.05) is 25.1 Å². The van der Waals surface area contributed by atoms with Crippen LogP contribution in [0.1, 0.15) is 34.0 Å². The lowest BCUT2D eigenvalue weighted by Crippen LogP contribution is -2.22. The highest BCUT2D eigenvalue weighted by Gasteiger charge is 2.06. The number of benzene rings is 2. The summed E-state index contributed by atoms with van der Waals surface area (Å²) in [4.78, 5) is 12.1. The molecule has 0 saturated heterocycles. The molecule has 0 bridgehead atoms. The molecule has 2 aromatic carbocycles. The summed E-state index contributed by atoms with van der Waals surface area (Å²) in [6.45, 7) is 4.68. The number of carbonyl (C=O) groups is 1. The highest BCUT2D eigenvalue weighted by molar-refractivity contribution is 9.10. The molecule has 0 aromatic heterocycles. The molecule has 2 rings (SSSR count). The fourth-order valence-electron chi connectivity index (χ4n) is 1.91. The second kappa shape index (κ2) is 6.71. The maximum absolute atomic E-state index is 12.1. The Morgan fingerprint density at radius 2 is 1.75 bits per heavy atom. The van der Waals surface area contributed by atoms with E-state index in [-0.39, 0.29) is 5.91 Å². The molecule has 0 saturated carbocycles. The first-order chi connectivity index (χ1) is 9.60. The van der Waals surface area contributed by atoms with Gasteiger partial charge in [0.25, 0.3) is 5.91 Å². The Kier molecular flexibility index (Phi) is 4.96. The summed E-state index contributed by atoms with van der Waals surface area (Å²) in [5, 5.41) is 2.94. The third-order valence-electron chi connectivity index (χ3n) is 3.32. The zero-order valence-corrected chi connectivity index (χ0v) is 13.3. The van der Waals surface area contributed by atoms with Crippen LogP contribution in [0, 0.1) is 6.92 Å². The van der Waals surface area contributed by atoms with Gasteiger partial charge in [0.1, 0.15) is 0 Å². The van der Waals surface area contributed by atoms with E-state index in [1.165, 1.54) is 5.56 Å². The Balaban J connectivity index is 1.98. The van der Waals surface area contributed by atoms with Crippen molar-refractivity contribution in [1.82, 2.24) is 5.32 Å². The molecular formula is C17H18BrNO. The van der Waals surface area contributed by atoms with Gasteiger partial charge >= 0.3 is 0 Å². The largest absolute Gasteiger partial charge is 0.348 e. The predicted octanol–water partition coefficient (Wildman–Crippen LogP) is 4.25. The van der Waals surface area contributed by atoms with Crippen molar-refractivity contribution in [1.29, 1.82) is 0 Å². The van der Waals surface area contributed by atoms with Crippen LogP contribution in [0.4, 0.5) is 0 Å². The van der Waals surface area contributed by atoms with Gasteiger partial charge in [-0.15, -0.1) is 0 Å². The van der Waals surface area contributed by atoms with Crippen molar-refractivity contribution < 1.29 is 4.79 Å². The Morgan fingerprint density at radius 1 is 1.10 bits per heavy atom. The molecule has 3 heteroatoms. The maximum atomic E-state index is 12.1. The number of hydrogen-bond acceptors (Lipinski definition) is 1. The molecule has 2 aromatic rings. The number of rotatable bonds is 4. The Bertz CT molecular complexity index is 605. The molecule has 0 fully saturated rings. The normalized spacial score (nSPS) is 10.3. The molecule has 0 aliphatic rings. The lowest BCUT2D eigenvalue weighted by atomic mass is 10.1. The van der Waals surface area contributed by atoms with Gasteiger partial charge in [0, 0.05) is 16.6 Å². The Hall–Kier alpha value is -1.61. The quantitative estimate of drug-likeness (QED) is 0.891. The minimum absolute atomic E-state index is 0.0507. The standard InChI is InChI=1S/C17H18BrNO/c1-3-13-5-7-14(8-6-13)11-19-17(20)15-9-4-12(2)16(18)10-15/h4-10H,3,11H2,1-2H3,(H,19,20). The zero-order valence-electron chi connectivity index (χ0n) is 11.7. The molecule has 2 nitrogen and oxygen atoms in total. The van der Waals surface area contributed by atoms with Gasteiger partial charge in [0.05, 0.1) is 0 Å². The summed E-state index contributed by atoms with van der Waals surface area (Å²) in [6, 6.07) is 14.0. The first kappa shape index (κ1) is 14.8. The fraction of sp³-hybridized carbons (Fsp3) is 0.235. The number of hydrogen-bond donors (Lipinski definition) is 1. The van der Waals surface area contributed by atoms with Gasteiger partial charge in [0.15, 0.2) is 0 Å². The van der Waals surface area contributed by atoms with Gasteiger partial charge in [-0.1, -0.05) is 53.2 Å². The van der Waals surface area contributed by atoms with Crippen LogP contribution >= 0.6 is 15.9 Å². The van der Waals surface area contributed by atoms with Crippen molar-refractivity contribution in [3.63, 3.8) is 0 Å². The van der Waals surface area contributed by atoms with E-state index in [9.17, 15) is 4.79 Å². The zero-order chi connectivity index (χ0) is 14.5. The summed E-state index contributed by atoms with van der Waals surface area (Å²) in [6.07, 6.45) is 1.03. The summed E-state index contributed by atoms with van der Waals surface area (Å²) < 4.78 is 0.956. The monoisotopic (exact) mass is 331 g/mol. The van der Waals surface area contributed by atoms with Crippen molar-refractivity contribution in [2.24, 2.45) is 0 Å². The number of aryl methyl sites for hydroxylation is 2. The molecule has 0 spiro atoms. The highest BCUT2D eigenvalue weighted by atomic mass is 79.9. The second-order valence-electron chi connectivity index (χ2n) is 4.82. The lowest BCUT2D eigenvalue weighted by molar-refractivity contribution is 0.0951. The first-order valence-electron chi connectivity index (χ1n) is 6.72. The summed E-state index contributed by atoms with van der Waals surface area (Å²) in [7, 11) is 0. The molecule has 1 amide bonds. The topological polar surface area (TPSA) is 29.1 Å². The molecule has 0 heterocycles. The number of nitrogens with one attached hydrogen (secondary N) is 1. The minimum Gasteiger partial charge on any atom is -0.348 e. The van der Waals surface area contributed by atoms with E-state index in [2.05, 4.69) is 52.4 Å². The van der Waals surface area contributed by atoms with E-state index in [4.69, 9.17) is 0 Å². The molecule has 20 heavy (non-hydrogen) atoms. The number of amides is 1. The third kappa shape index (κ3) is 3.70. The fourth-order valence-corrected chi connectivity index (χ4v) is 2.29. The van der Waals surface area contributed by atoms with Crippen LogP contribution in [-0.2, 0) is 13.0 Å². The van der Waals surface area contributed by atoms with Crippen LogP contribution in [0.3, 0.4) is 0 Å². The van der Waals surface area contributed by atoms with Crippen LogP contribution < -0.4 is 5.32 Å². The van der Waals surface area contributed by atoms with Crippen molar-refractivity contribution in [2.75, 3.05) is 0 Å². The SMILES string of the molecule is CCc1ccc(CNC(=O)c2ccc(C)c(Br)c2)cc1. The predicted molar refractivity (Wildman–Crippen MR) is 85.9 cm³/mol. The molecule has 104 valence electrons. The molecule has 0 unspecified atom stereocenters. The lowest BCUT2D eigenvalue weighted by Gasteiger charge is -2.07. The van der Waals surface area contributed by atoms with Gasteiger partial charge in [-0.05, 0) is 42.2 Å². The van der Waals surface area contributed by atoms with Gasteiger partial charge < -0.3 is 5.32 Å². The molecule has 1 N–H and O–H groups in total. The highest BCUT2D eigenvalue weighted by Crippen LogP contribution is 2.17.